The van der Waals surface area contributed by atoms with E-state index in [2.05, 4.69) is 5.32 Å². The van der Waals surface area contributed by atoms with E-state index in [-0.39, 0.29) is 42.6 Å². The van der Waals surface area contributed by atoms with Gasteiger partial charge in [0.2, 0.25) is 11.8 Å². The Bertz CT molecular complexity index is 504. The number of amides is 2. The molecule has 1 heterocycles. The number of nitrogens with one attached hydrogen (secondary N) is 1. The lowest BCUT2D eigenvalue weighted by Crippen LogP contribution is -2.41. The fourth-order valence-corrected chi connectivity index (χ4v) is 2.28. The number of benzene rings is 1. The highest BCUT2D eigenvalue weighted by molar-refractivity contribution is 6.00. The Hall–Kier alpha value is -1.59. The quantitative estimate of drug-likeness (QED) is 0.878. The highest BCUT2D eigenvalue weighted by Gasteiger charge is 2.35. The van der Waals surface area contributed by atoms with Gasteiger partial charge in [0.05, 0.1) is 5.92 Å². The van der Waals surface area contributed by atoms with Crippen LogP contribution in [-0.4, -0.2) is 30.9 Å². The molecule has 1 unspecified atom stereocenters. The second-order valence-electron chi connectivity index (χ2n) is 5.39. The summed E-state index contributed by atoms with van der Waals surface area (Å²) in [5, 5.41) is 2.83. The maximum Gasteiger partial charge on any atom is 0.227 e. The van der Waals surface area contributed by atoms with Gasteiger partial charge >= 0.3 is 0 Å². The third-order valence-electron chi connectivity index (χ3n) is 3.58. The predicted molar refractivity (Wildman–Crippen MR) is 85.5 cm³/mol. The molecule has 1 saturated heterocycles. The topological polar surface area (TPSA) is 75.4 Å². The molecular weight excluding hydrogens is 290 g/mol. The maximum atomic E-state index is 12.1. The Kier molecular flexibility index (Phi) is 6.18. The number of carbonyl (C=O) groups excluding carboxylic acids is 2. The fraction of sp³-hybridized carbons (Fsp3) is 0.467. The maximum absolute atomic E-state index is 12.1. The standard InChI is InChI=1S/C15H21N3O2.ClH/c1-10-3-5-13(6-4-10)18-9-12(7-14(18)19)15(20)17-11(2)8-16;/h3-6,11-12H,7-9,16H2,1-2H3,(H,17,20);1H/t11-,12?;/m0./s1. The normalized spacial score (nSPS) is 19.1. The van der Waals surface area contributed by atoms with Gasteiger partial charge in [0, 0.05) is 31.2 Å². The first kappa shape index (κ1) is 17.5. The summed E-state index contributed by atoms with van der Waals surface area (Å²) >= 11 is 0. The van der Waals surface area contributed by atoms with Crippen LogP contribution in [0.3, 0.4) is 0 Å². The van der Waals surface area contributed by atoms with Gasteiger partial charge in [0.15, 0.2) is 0 Å². The molecule has 5 nitrogen and oxygen atoms in total. The van der Waals surface area contributed by atoms with E-state index in [0.717, 1.165) is 11.3 Å². The van der Waals surface area contributed by atoms with Gasteiger partial charge in [-0.25, -0.2) is 0 Å². The van der Waals surface area contributed by atoms with Crippen molar-refractivity contribution in [3.8, 4) is 0 Å². The third kappa shape index (κ3) is 4.19. The minimum Gasteiger partial charge on any atom is -0.352 e. The van der Waals surface area contributed by atoms with Gasteiger partial charge in [0.25, 0.3) is 0 Å². The molecule has 116 valence electrons. The second-order valence-corrected chi connectivity index (χ2v) is 5.39. The van der Waals surface area contributed by atoms with E-state index < -0.39 is 0 Å². The average molecular weight is 312 g/mol. The summed E-state index contributed by atoms with van der Waals surface area (Å²) in [6.07, 6.45) is 0.261. The number of halogens is 1. The number of aryl methyl sites for hydroxylation is 1. The molecule has 0 aliphatic carbocycles. The summed E-state index contributed by atoms with van der Waals surface area (Å²) in [6, 6.07) is 7.69. The van der Waals surface area contributed by atoms with Crippen molar-refractivity contribution < 1.29 is 9.59 Å². The smallest absolute Gasteiger partial charge is 0.227 e. The van der Waals surface area contributed by atoms with Gasteiger partial charge in [-0.05, 0) is 26.0 Å². The molecule has 2 amide bonds. The van der Waals surface area contributed by atoms with Crippen molar-refractivity contribution in [1.29, 1.82) is 0 Å². The molecule has 1 aliphatic heterocycles. The largest absolute Gasteiger partial charge is 0.352 e. The van der Waals surface area contributed by atoms with E-state index in [1.165, 1.54) is 0 Å². The molecule has 6 heteroatoms. The molecule has 0 bridgehead atoms. The minimum absolute atomic E-state index is 0. The first-order valence-electron chi connectivity index (χ1n) is 6.88. The highest BCUT2D eigenvalue weighted by atomic mass is 35.5. The first-order chi connectivity index (χ1) is 9.51. The summed E-state index contributed by atoms with van der Waals surface area (Å²) in [6.45, 7) is 4.69. The summed E-state index contributed by atoms with van der Waals surface area (Å²) in [7, 11) is 0. The Morgan fingerprint density at radius 3 is 2.62 bits per heavy atom. The number of carbonyl (C=O) groups is 2. The van der Waals surface area contributed by atoms with Crippen LogP contribution in [0.1, 0.15) is 18.9 Å². The van der Waals surface area contributed by atoms with Crippen molar-refractivity contribution in [1.82, 2.24) is 5.32 Å². The van der Waals surface area contributed by atoms with Crippen molar-refractivity contribution in [3.63, 3.8) is 0 Å². The van der Waals surface area contributed by atoms with Crippen LogP contribution in [0.15, 0.2) is 24.3 Å². The average Bonchev–Trinajstić information content (AvgIpc) is 2.81. The molecule has 3 N–H and O–H groups in total. The number of nitrogens with two attached hydrogens (primary N) is 1. The lowest BCUT2D eigenvalue weighted by atomic mass is 10.1. The van der Waals surface area contributed by atoms with E-state index in [0.29, 0.717) is 13.1 Å². The molecule has 0 radical (unpaired) electrons. The third-order valence-corrected chi connectivity index (χ3v) is 3.58. The van der Waals surface area contributed by atoms with E-state index in [4.69, 9.17) is 5.73 Å². The molecule has 2 atom stereocenters. The number of hydrogen-bond donors (Lipinski definition) is 2. The van der Waals surface area contributed by atoms with Gasteiger partial charge in [-0.2, -0.15) is 0 Å². The van der Waals surface area contributed by atoms with Crippen molar-refractivity contribution in [2.24, 2.45) is 11.7 Å². The lowest BCUT2D eigenvalue weighted by molar-refractivity contribution is -0.126. The minimum atomic E-state index is -0.294. The molecule has 1 fully saturated rings. The lowest BCUT2D eigenvalue weighted by Gasteiger charge is -2.18. The molecule has 0 spiro atoms. The first-order valence-corrected chi connectivity index (χ1v) is 6.88. The molecular formula is C15H22ClN3O2. The zero-order valence-corrected chi connectivity index (χ0v) is 13.2. The second kappa shape index (κ2) is 7.43. The predicted octanol–water partition coefficient (Wildman–Crippen LogP) is 1.23. The van der Waals surface area contributed by atoms with Crippen LogP contribution in [-0.2, 0) is 9.59 Å². The van der Waals surface area contributed by atoms with Crippen molar-refractivity contribution in [2.45, 2.75) is 26.3 Å². The zero-order chi connectivity index (χ0) is 14.7. The Morgan fingerprint density at radius 1 is 1.43 bits per heavy atom. The van der Waals surface area contributed by atoms with Gasteiger partial charge in [-0.3, -0.25) is 9.59 Å². The van der Waals surface area contributed by atoms with E-state index >= 15 is 0 Å². The summed E-state index contributed by atoms with van der Waals surface area (Å²) < 4.78 is 0. The van der Waals surface area contributed by atoms with Crippen LogP contribution in [0.4, 0.5) is 5.69 Å². The van der Waals surface area contributed by atoms with Crippen LogP contribution in [0, 0.1) is 12.8 Å². The van der Waals surface area contributed by atoms with Crippen LogP contribution in [0.2, 0.25) is 0 Å². The number of nitrogens with zero attached hydrogens (tertiary/aromatic N) is 1. The van der Waals surface area contributed by atoms with Crippen molar-refractivity contribution in [2.75, 3.05) is 18.0 Å². The molecule has 1 aromatic rings. The molecule has 2 rings (SSSR count). The van der Waals surface area contributed by atoms with Crippen molar-refractivity contribution in [3.05, 3.63) is 29.8 Å². The summed E-state index contributed by atoms with van der Waals surface area (Å²) in [5.74, 6) is -0.391. The van der Waals surface area contributed by atoms with E-state index in [9.17, 15) is 9.59 Å². The van der Waals surface area contributed by atoms with Crippen LogP contribution in [0.25, 0.3) is 0 Å². The monoisotopic (exact) mass is 311 g/mol. The van der Waals surface area contributed by atoms with Gasteiger partial charge < -0.3 is 16.0 Å². The number of rotatable bonds is 4. The number of anilines is 1. The Labute approximate surface area is 131 Å². The Morgan fingerprint density at radius 2 is 2.05 bits per heavy atom. The molecule has 0 saturated carbocycles. The summed E-state index contributed by atoms with van der Waals surface area (Å²) in [5.41, 5.74) is 7.48. The fourth-order valence-electron chi connectivity index (χ4n) is 2.28. The van der Waals surface area contributed by atoms with E-state index in [1.807, 2.05) is 38.1 Å². The van der Waals surface area contributed by atoms with Gasteiger partial charge in [0.1, 0.15) is 0 Å². The number of hydrogen-bond acceptors (Lipinski definition) is 3. The highest BCUT2D eigenvalue weighted by Crippen LogP contribution is 2.25. The SMILES string of the molecule is Cc1ccc(N2CC(C(=O)N[C@@H](C)CN)CC2=O)cc1.Cl. The van der Waals surface area contributed by atoms with Crippen LogP contribution in [0.5, 0.6) is 0 Å². The van der Waals surface area contributed by atoms with Gasteiger partial charge in [-0.1, -0.05) is 17.7 Å². The zero-order valence-electron chi connectivity index (χ0n) is 12.3. The summed E-state index contributed by atoms with van der Waals surface area (Å²) in [4.78, 5) is 25.8. The molecule has 1 aliphatic rings. The van der Waals surface area contributed by atoms with Crippen LogP contribution < -0.4 is 16.0 Å². The molecule has 21 heavy (non-hydrogen) atoms. The van der Waals surface area contributed by atoms with Crippen LogP contribution >= 0.6 is 12.4 Å². The Balaban J connectivity index is 0.00000220. The molecule has 1 aromatic carbocycles. The molecule has 0 aromatic heterocycles. The van der Waals surface area contributed by atoms with Crippen molar-refractivity contribution >= 4 is 29.9 Å². The van der Waals surface area contributed by atoms with Gasteiger partial charge in [-0.15, -0.1) is 12.4 Å². The van der Waals surface area contributed by atoms with E-state index in [1.54, 1.807) is 4.90 Å².